The van der Waals surface area contributed by atoms with Crippen LogP contribution < -0.4 is 10.9 Å². The second-order valence-corrected chi connectivity index (χ2v) is 7.47. The molecule has 2 aromatic heterocycles. The van der Waals surface area contributed by atoms with Gasteiger partial charge in [-0.25, -0.2) is 4.98 Å². The van der Waals surface area contributed by atoms with Crippen molar-refractivity contribution in [3.8, 4) is 10.6 Å². The van der Waals surface area contributed by atoms with Gasteiger partial charge in [-0.1, -0.05) is 37.3 Å². The Kier molecular flexibility index (Phi) is 6.32. The summed E-state index contributed by atoms with van der Waals surface area (Å²) < 4.78 is 1.99. The van der Waals surface area contributed by atoms with Crippen LogP contribution in [0.1, 0.15) is 34.5 Å². The van der Waals surface area contributed by atoms with Crippen LogP contribution in [0.5, 0.6) is 0 Å². The number of H-pyrrole nitrogens is 1. The van der Waals surface area contributed by atoms with Crippen LogP contribution in [-0.4, -0.2) is 31.6 Å². The van der Waals surface area contributed by atoms with E-state index in [1.165, 1.54) is 11.3 Å². The highest BCUT2D eigenvalue weighted by atomic mass is 32.1. The van der Waals surface area contributed by atoms with Crippen LogP contribution in [0.15, 0.2) is 30.3 Å². The van der Waals surface area contributed by atoms with E-state index in [-0.39, 0.29) is 6.54 Å². The van der Waals surface area contributed by atoms with Crippen LogP contribution in [0.2, 0.25) is 0 Å². The first-order chi connectivity index (χ1) is 13.5. The Labute approximate surface area is 171 Å². The van der Waals surface area contributed by atoms with Gasteiger partial charge in [0.05, 0.1) is 5.69 Å². The number of thiazole rings is 1. The van der Waals surface area contributed by atoms with E-state index >= 15 is 0 Å². The second-order valence-electron chi connectivity index (χ2n) is 6.08. The van der Waals surface area contributed by atoms with Gasteiger partial charge in [-0.05, 0) is 25.6 Å². The fraction of sp³-hybridized carbons (Fsp3) is 0.278. The molecule has 0 aliphatic heterocycles. The first-order valence-corrected chi connectivity index (χ1v) is 9.98. The molecule has 0 fully saturated rings. The molecule has 3 N–H and O–H groups in total. The first kappa shape index (κ1) is 19.9. The predicted octanol–water partition coefficient (Wildman–Crippen LogP) is 2.79. The van der Waals surface area contributed by atoms with Crippen LogP contribution in [0.4, 0.5) is 0 Å². The molecule has 0 aliphatic rings. The lowest BCUT2D eigenvalue weighted by molar-refractivity contribution is -0.122. The summed E-state index contributed by atoms with van der Waals surface area (Å²) in [6.45, 7) is 3.76. The van der Waals surface area contributed by atoms with Crippen LogP contribution in [-0.2, 0) is 17.8 Å². The van der Waals surface area contributed by atoms with Gasteiger partial charge in [0.2, 0.25) is 0 Å². The number of aromatic amines is 1. The Balaban J connectivity index is 1.63. The van der Waals surface area contributed by atoms with E-state index in [2.05, 4.69) is 26.0 Å². The Morgan fingerprint density at radius 2 is 2.00 bits per heavy atom. The van der Waals surface area contributed by atoms with Crippen molar-refractivity contribution in [2.24, 2.45) is 0 Å². The zero-order valence-electron chi connectivity index (χ0n) is 15.5. The molecule has 28 heavy (non-hydrogen) atoms. The van der Waals surface area contributed by atoms with Crippen molar-refractivity contribution in [2.45, 2.75) is 33.2 Å². The quantitative estimate of drug-likeness (QED) is 0.423. The zero-order valence-corrected chi connectivity index (χ0v) is 17.1. The van der Waals surface area contributed by atoms with Crippen molar-refractivity contribution in [3.63, 3.8) is 0 Å². The molecule has 0 bridgehead atoms. The number of hydrogen-bond acceptors (Lipinski definition) is 6. The second kappa shape index (κ2) is 8.89. The van der Waals surface area contributed by atoms with E-state index in [1.54, 1.807) is 11.5 Å². The lowest BCUT2D eigenvalue weighted by Gasteiger charge is -2.08. The number of nitrogens with zero attached hydrogens (tertiary/aromatic N) is 3. The number of nitrogens with one attached hydrogen (secondary N) is 3. The molecule has 0 saturated carbocycles. The SMILES string of the molecule is CCCc1n[nH]c(=S)n1CC(=O)NNC(=O)c1sc(-c2ccccc2)nc1C. The van der Waals surface area contributed by atoms with Gasteiger partial charge in [-0.2, -0.15) is 5.10 Å². The standard InChI is InChI=1S/C18H20N6O2S2/c1-3-7-13-20-23-18(27)24(13)10-14(25)21-22-16(26)15-11(2)19-17(28-15)12-8-5-4-6-9-12/h4-6,8-9H,3,7,10H2,1-2H3,(H,21,25)(H,22,26)(H,23,27). The summed E-state index contributed by atoms with van der Waals surface area (Å²) in [5.41, 5.74) is 6.42. The lowest BCUT2D eigenvalue weighted by atomic mass is 10.2. The minimum atomic E-state index is -0.407. The molecule has 0 spiro atoms. The van der Waals surface area contributed by atoms with Gasteiger partial charge in [0.25, 0.3) is 11.8 Å². The predicted molar refractivity (Wildman–Crippen MR) is 109 cm³/mol. The Morgan fingerprint density at radius 1 is 1.25 bits per heavy atom. The topological polar surface area (TPSA) is 105 Å². The third-order valence-electron chi connectivity index (χ3n) is 3.95. The minimum absolute atomic E-state index is 0.0259. The lowest BCUT2D eigenvalue weighted by Crippen LogP contribution is -2.43. The molecule has 3 aromatic rings. The van der Waals surface area contributed by atoms with E-state index in [9.17, 15) is 9.59 Å². The highest BCUT2D eigenvalue weighted by Crippen LogP contribution is 2.27. The fourth-order valence-corrected chi connectivity index (χ4v) is 3.79. The zero-order chi connectivity index (χ0) is 20.1. The maximum Gasteiger partial charge on any atom is 0.281 e. The molecule has 0 aliphatic carbocycles. The smallest absolute Gasteiger partial charge is 0.281 e. The number of amides is 2. The van der Waals surface area contributed by atoms with Crippen LogP contribution in [0.3, 0.4) is 0 Å². The van der Waals surface area contributed by atoms with E-state index in [4.69, 9.17) is 12.2 Å². The average Bonchev–Trinajstić information content (AvgIpc) is 3.25. The molecule has 2 heterocycles. The average molecular weight is 417 g/mol. The fourth-order valence-electron chi connectivity index (χ4n) is 2.61. The number of benzene rings is 1. The van der Waals surface area contributed by atoms with Gasteiger partial charge in [-0.3, -0.25) is 30.1 Å². The third-order valence-corrected chi connectivity index (χ3v) is 5.47. The minimum Gasteiger partial charge on any atom is -0.295 e. The van der Waals surface area contributed by atoms with E-state index in [0.717, 1.165) is 17.0 Å². The summed E-state index contributed by atoms with van der Waals surface area (Å²) in [5, 5.41) is 7.56. The monoisotopic (exact) mass is 416 g/mol. The highest BCUT2D eigenvalue weighted by Gasteiger charge is 2.17. The third kappa shape index (κ3) is 4.52. The maximum absolute atomic E-state index is 12.5. The van der Waals surface area contributed by atoms with Gasteiger partial charge in [0.1, 0.15) is 22.3 Å². The number of rotatable bonds is 6. The Morgan fingerprint density at radius 3 is 2.71 bits per heavy atom. The molecule has 0 unspecified atom stereocenters. The van der Waals surface area contributed by atoms with Crippen molar-refractivity contribution in [2.75, 3.05) is 0 Å². The van der Waals surface area contributed by atoms with Crippen molar-refractivity contribution in [1.29, 1.82) is 0 Å². The number of carbonyl (C=O) groups is 2. The van der Waals surface area contributed by atoms with Gasteiger partial charge < -0.3 is 0 Å². The molecular weight excluding hydrogens is 396 g/mol. The summed E-state index contributed by atoms with van der Waals surface area (Å²) in [4.78, 5) is 29.6. The molecule has 2 amide bonds. The van der Waals surface area contributed by atoms with E-state index < -0.39 is 11.8 Å². The van der Waals surface area contributed by atoms with Gasteiger partial charge >= 0.3 is 0 Å². The molecule has 0 saturated heterocycles. The maximum atomic E-state index is 12.5. The number of hydrogen-bond donors (Lipinski definition) is 3. The summed E-state index contributed by atoms with van der Waals surface area (Å²) in [6.07, 6.45) is 1.58. The van der Waals surface area contributed by atoms with Crippen molar-refractivity contribution in [1.82, 2.24) is 30.6 Å². The molecule has 10 heteroatoms. The van der Waals surface area contributed by atoms with Gasteiger partial charge in [-0.15, -0.1) is 11.3 Å². The first-order valence-electron chi connectivity index (χ1n) is 8.75. The van der Waals surface area contributed by atoms with E-state index in [0.29, 0.717) is 27.6 Å². The molecule has 146 valence electrons. The number of aromatic nitrogens is 4. The Hall–Kier alpha value is -2.85. The summed E-state index contributed by atoms with van der Waals surface area (Å²) in [6, 6.07) is 9.62. The number of aryl methyl sites for hydroxylation is 2. The largest absolute Gasteiger partial charge is 0.295 e. The summed E-state index contributed by atoms with van der Waals surface area (Å²) in [7, 11) is 0. The van der Waals surface area contributed by atoms with Crippen LogP contribution >= 0.6 is 23.6 Å². The molecule has 0 radical (unpaired) electrons. The normalized spacial score (nSPS) is 10.6. The molecule has 3 rings (SSSR count). The van der Waals surface area contributed by atoms with Crippen LogP contribution in [0.25, 0.3) is 10.6 Å². The van der Waals surface area contributed by atoms with Crippen molar-refractivity contribution in [3.05, 3.63) is 51.5 Å². The van der Waals surface area contributed by atoms with Crippen molar-refractivity contribution < 1.29 is 9.59 Å². The molecular formula is C18H20N6O2S2. The van der Waals surface area contributed by atoms with Gasteiger partial charge in [0.15, 0.2) is 4.77 Å². The molecule has 8 nitrogen and oxygen atoms in total. The number of hydrazine groups is 1. The summed E-state index contributed by atoms with van der Waals surface area (Å²) in [5.74, 6) is -0.0939. The Bertz CT molecular complexity index is 1040. The van der Waals surface area contributed by atoms with E-state index in [1.807, 2.05) is 37.3 Å². The molecule has 1 aromatic carbocycles. The van der Waals surface area contributed by atoms with Crippen molar-refractivity contribution >= 4 is 35.4 Å². The van der Waals surface area contributed by atoms with Crippen LogP contribution in [0, 0.1) is 11.7 Å². The summed E-state index contributed by atoms with van der Waals surface area (Å²) >= 11 is 6.43. The van der Waals surface area contributed by atoms with Gasteiger partial charge in [0, 0.05) is 12.0 Å². The highest BCUT2D eigenvalue weighted by molar-refractivity contribution is 7.71. The number of carbonyl (C=O) groups excluding carboxylic acids is 2. The molecule has 0 atom stereocenters.